The molecule has 0 aliphatic heterocycles. The van der Waals surface area contributed by atoms with Gasteiger partial charge in [-0.1, -0.05) is 0 Å². The first-order chi connectivity index (χ1) is 8.83. The Kier molecular flexibility index (Phi) is 2.66. The van der Waals surface area contributed by atoms with Crippen molar-refractivity contribution in [2.75, 3.05) is 6.54 Å². The van der Waals surface area contributed by atoms with Crippen molar-refractivity contribution >= 4 is 0 Å². The molecule has 5 rings (SSSR count). The smallest absolute Gasteiger partial charge is 0.0981 e. The van der Waals surface area contributed by atoms with Crippen LogP contribution < -0.4 is 5.32 Å². The molecule has 1 unspecified atom stereocenters. The van der Waals surface area contributed by atoms with E-state index in [1.807, 2.05) is 0 Å². The lowest BCUT2D eigenvalue weighted by atomic mass is 9.52. The van der Waals surface area contributed by atoms with Gasteiger partial charge in [0.05, 0.1) is 12.1 Å². The van der Waals surface area contributed by atoms with Crippen LogP contribution in [0, 0.1) is 46.8 Å². The molecule has 5 aliphatic carbocycles. The van der Waals surface area contributed by atoms with Gasteiger partial charge in [-0.3, -0.25) is 0 Å². The van der Waals surface area contributed by atoms with E-state index < -0.39 is 0 Å². The van der Waals surface area contributed by atoms with E-state index in [0.717, 1.165) is 36.1 Å². The molecule has 1 atom stereocenters. The van der Waals surface area contributed by atoms with Crippen LogP contribution in [0.1, 0.15) is 44.9 Å². The molecule has 1 N–H and O–H groups in total. The van der Waals surface area contributed by atoms with Gasteiger partial charge >= 0.3 is 0 Å². The Morgan fingerprint density at radius 2 is 1.61 bits per heavy atom. The van der Waals surface area contributed by atoms with Crippen molar-refractivity contribution in [3.63, 3.8) is 0 Å². The van der Waals surface area contributed by atoms with E-state index in [1.165, 1.54) is 44.9 Å². The second-order valence-corrected chi connectivity index (χ2v) is 7.45. The summed E-state index contributed by atoms with van der Waals surface area (Å²) in [5, 5.41) is 12.8. The molecule has 0 radical (unpaired) electrons. The molecular weight excluding hydrogens is 220 g/mol. The zero-order valence-corrected chi connectivity index (χ0v) is 11.1. The second kappa shape index (κ2) is 4.23. The van der Waals surface area contributed by atoms with E-state index in [-0.39, 0.29) is 6.04 Å². The number of rotatable bonds is 4. The summed E-state index contributed by atoms with van der Waals surface area (Å²) >= 11 is 0. The van der Waals surface area contributed by atoms with Crippen LogP contribution in [0.4, 0.5) is 0 Å². The Morgan fingerprint density at radius 3 is 2.11 bits per heavy atom. The number of nitrogens with one attached hydrogen (secondary N) is 1. The molecule has 0 amide bonds. The zero-order chi connectivity index (χ0) is 12.1. The molecule has 0 saturated heterocycles. The SMILES string of the molecule is N#CC(NCC1C2CC3CC(C2)CC1C3)C1CC1. The molecule has 5 fully saturated rings. The Hall–Kier alpha value is -0.550. The van der Waals surface area contributed by atoms with Crippen molar-refractivity contribution in [2.24, 2.45) is 35.5 Å². The number of hydrogen-bond acceptors (Lipinski definition) is 2. The van der Waals surface area contributed by atoms with Gasteiger partial charge in [0, 0.05) is 0 Å². The minimum absolute atomic E-state index is 0.155. The number of nitrogens with zero attached hydrogens (tertiary/aromatic N) is 1. The highest BCUT2D eigenvalue weighted by Crippen LogP contribution is 2.56. The maximum atomic E-state index is 9.21. The van der Waals surface area contributed by atoms with Gasteiger partial charge in [-0.15, -0.1) is 0 Å². The maximum absolute atomic E-state index is 9.21. The minimum atomic E-state index is 0.155. The van der Waals surface area contributed by atoms with E-state index in [0.29, 0.717) is 5.92 Å². The van der Waals surface area contributed by atoms with Crippen molar-refractivity contribution in [3.05, 3.63) is 0 Å². The molecular formula is C16H24N2. The lowest BCUT2D eigenvalue weighted by Gasteiger charge is -2.54. The van der Waals surface area contributed by atoms with Crippen LogP contribution in [0.15, 0.2) is 0 Å². The van der Waals surface area contributed by atoms with Crippen LogP contribution >= 0.6 is 0 Å². The lowest BCUT2D eigenvalue weighted by Crippen LogP contribution is -2.49. The third kappa shape index (κ3) is 1.88. The number of hydrogen-bond donors (Lipinski definition) is 1. The van der Waals surface area contributed by atoms with Gasteiger partial charge in [0.1, 0.15) is 0 Å². The number of nitriles is 1. The Labute approximate surface area is 110 Å². The molecule has 5 saturated carbocycles. The van der Waals surface area contributed by atoms with Gasteiger partial charge in [-0.05, 0) is 87.0 Å². The third-order valence-corrected chi connectivity index (χ3v) is 6.23. The summed E-state index contributed by atoms with van der Waals surface area (Å²) < 4.78 is 0. The normalized spacial score (nSPS) is 46.9. The first kappa shape index (κ1) is 11.3. The van der Waals surface area contributed by atoms with Gasteiger partial charge < -0.3 is 5.32 Å². The molecule has 2 heteroatoms. The minimum Gasteiger partial charge on any atom is -0.301 e. The van der Waals surface area contributed by atoms with E-state index in [2.05, 4.69) is 11.4 Å². The second-order valence-electron chi connectivity index (χ2n) is 7.45. The highest BCUT2D eigenvalue weighted by molar-refractivity contribution is 5.03. The van der Waals surface area contributed by atoms with Crippen LogP contribution in [0.25, 0.3) is 0 Å². The predicted octanol–water partition coefficient (Wildman–Crippen LogP) is 2.95. The summed E-state index contributed by atoms with van der Waals surface area (Å²) in [6, 6.07) is 2.63. The summed E-state index contributed by atoms with van der Waals surface area (Å²) in [5.74, 6) is 5.69. The van der Waals surface area contributed by atoms with E-state index >= 15 is 0 Å². The van der Waals surface area contributed by atoms with Gasteiger partial charge in [0.25, 0.3) is 0 Å². The molecule has 0 aromatic rings. The van der Waals surface area contributed by atoms with Crippen molar-refractivity contribution in [1.29, 1.82) is 5.26 Å². The van der Waals surface area contributed by atoms with Crippen LogP contribution in [0.3, 0.4) is 0 Å². The van der Waals surface area contributed by atoms with Crippen molar-refractivity contribution in [1.82, 2.24) is 5.32 Å². The highest BCUT2D eigenvalue weighted by Gasteiger charge is 2.48. The predicted molar refractivity (Wildman–Crippen MR) is 70.7 cm³/mol. The molecule has 0 spiro atoms. The molecule has 0 heterocycles. The van der Waals surface area contributed by atoms with Crippen LogP contribution in [0.2, 0.25) is 0 Å². The molecule has 98 valence electrons. The molecule has 0 aromatic carbocycles. The molecule has 2 nitrogen and oxygen atoms in total. The van der Waals surface area contributed by atoms with Crippen molar-refractivity contribution in [3.8, 4) is 6.07 Å². The Bertz CT molecular complexity index is 338. The largest absolute Gasteiger partial charge is 0.301 e. The maximum Gasteiger partial charge on any atom is 0.0981 e. The summed E-state index contributed by atoms with van der Waals surface area (Å²) in [5.41, 5.74) is 0. The van der Waals surface area contributed by atoms with Gasteiger partial charge in [-0.25, -0.2) is 0 Å². The lowest BCUT2D eigenvalue weighted by molar-refractivity contribution is -0.0360. The van der Waals surface area contributed by atoms with Gasteiger partial charge in [0.15, 0.2) is 0 Å². The Balaban J connectivity index is 1.38. The monoisotopic (exact) mass is 244 g/mol. The van der Waals surface area contributed by atoms with Crippen molar-refractivity contribution < 1.29 is 0 Å². The van der Waals surface area contributed by atoms with Gasteiger partial charge in [0.2, 0.25) is 0 Å². The van der Waals surface area contributed by atoms with E-state index in [9.17, 15) is 5.26 Å². The van der Waals surface area contributed by atoms with Crippen LogP contribution in [0.5, 0.6) is 0 Å². The summed E-state index contributed by atoms with van der Waals surface area (Å²) in [6.45, 7) is 1.13. The first-order valence-electron chi connectivity index (χ1n) is 7.96. The Morgan fingerprint density at radius 1 is 1.00 bits per heavy atom. The summed E-state index contributed by atoms with van der Waals surface area (Å²) in [6.07, 6.45) is 10.1. The average molecular weight is 244 g/mol. The quantitative estimate of drug-likeness (QED) is 0.825. The standard InChI is InChI=1S/C16H24N2/c17-8-16(12-1-2-12)18-9-15-13-4-10-3-11(6-13)7-14(15)5-10/h10-16,18H,1-7,9H2. The first-order valence-corrected chi connectivity index (χ1v) is 7.96. The summed E-state index contributed by atoms with van der Waals surface area (Å²) in [4.78, 5) is 0. The highest BCUT2D eigenvalue weighted by atomic mass is 14.9. The fourth-order valence-corrected chi connectivity index (χ4v) is 5.38. The molecule has 18 heavy (non-hydrogen) atoms. The fourth-order valence-electron chi connectivity index (χ4n) is 5.38. The van der Waals surface area contributed by atoms with Gasteiger partial charge in [-0.2, -0.15) is 5.26 Å². The van der Waals surface area contributed by atoms with Crippen LogP contribution in [-0.4, -0.2) is 12.6 Å². The topological polar surface area (TPSA) is 35.8 Å². The zero-order valence-electron chi connectivity index (χ0n) is 11.1. The van der Waals surface area contributed by atoms with Crippen LogP contribution in [-0.2, 0) is 0 Å². The fraction of sp³-hybridized carbons (Fsp3) is 0.938. The third-order valence-electron chi connectivity index (χ3n) is 6.23. The van der Waals surface area contributed by atoms with E-state index in [1.54, 1.807) is 0 Å². The average Bonchev–Trinajstić information content (AvgIpc) is 3.16. The molecule has 5 aliphatic rings. The van der Waals surface area contributed by atoms with E-state index in [4.69, 9.17) is 0 Å². The molecule has 4 bridgehead atoms. The van der Waals surface area contributed by atoms with Crippen molar-refractivity contribution in [2.45, 2.75) is 51.0 Å². The summed E-state index contributed by atoms with van der Waals surface area (Å²) in [7, 11) is 0. The molecule has 0 aromatic heterocycles.